The van der Waals surface area contributed by atoms with Crippen LogP contribution in [0.5, 0.6) is 5.75 Å². The van der Waals surface area contributed by atoms with Gasteiger partial charge in [0.2, 0.25) is 5.91 Å². The predicted molar refractivity (Wildman–Crippen MR) is 156 cm³/mol. The van der Waals surface area contributed by atoms with Crippen molar-refractivity contribution in [3.63, 3.8) is 0 Å². The van der Waals surface area contributed by atoms with E-state index < -0.39 is 0 Å². The van der Waals surface area contributed by atoms with E-state index in [4.69, 9.17) is 4.74 Å². The molecule has 3 aromatic carbocycles. The van der Waals surface area contributed by atoms with E-state index in [1.54, 1.807) is 17.3 Å². The van der Waals surface area contributed by atoms with Gasteiger partial charge in [-0.25, -0.2) is 4.98 Å². The summed E-state index contributed by atoms with van der Waals surface area (Å²) >= 11 is 1.43. The van der Waals surface area contributed by atoms with Crippen LogP contribution in [0.15, 0.2) is 78.2 Å². The predicted octanol–water partition coefficient (Wildman–Crippen LogP) is 6.19. The van der Waals surface area contributed by atoms with E-state index in [9.17, 15) is 9.59 Å². The van der Waals surface area contributed by atoms with Gasteiger partial charge in [-0.05, 0) is 60.6 Å². The molecule has 2 heterocycles. The van der Waals surface area contributed by atoms with Gasteiger partial charge < -0.3 is 14.5 Å². The summed E-state index contributed by atoms with van der Waals surface area (Å²) in [6.07, 6.45) is 2.82. The van der Waals surface area contributed by atoms with Gasteiger partial charge in [0.25, 0.3) is 5.91 Å². The van der Waals surface area contributed by atoms with Crippen LogP contribution in [0.25, 0.3) is 0 Å². The lowest BCUT2D eigenvalue weighted by atomic mass is 9.87. The summed E-state index contributed by atoms with van der Waals surface area (Å²) in [5.41, 5.74) is 6.20. The third kappa shape index (κ3) is 5.65. The van der Waals surface area contributed by atoms with Crippen LogP contribution in [0.2, 0.25) is 0 Å². The highest BCUT2D eigenvalue weighted by molar-refractivity contribution is 7.09. The Labute approximate surface area is 239 Å². The first-order chi connectivity index (χ1) is 19.5. The minimum atomic E-state index is -0.121. The van der Waals surface area contributed by atoms with Gasteiger partial charge in [0.05, 0.1) is 6.04 Å². The summed E-state index contributed by atoms with van der Waals surface area (Å²) in [4.78, 5) is 34.5. The Bertz CT molecular complexity index is 1530. The summed E-state index contributed by atoms with van der Waals surface area (Å²) in [6.45, 7) is 3.63. The lowest BCUT2D eigenvalue weighted by Gasteiger charge is -2.38. The van der Waals surface area contributed by atoms with Crippen LogP contribution in [0.1, 0.15) is 62.2 Å². The van der Waals surface area contributed by atoms with Crippen molar-refractivity contribution in [1.82, 2.24) is 14.8 Å². The van der Waals surface area contributed by atoms with Crippen molar-refractivity contribution in [2.75, 3.05) is 13.6 Å². The number of aromatic nitrogens is 1. The number of thiazole rings is 1. The number of rotatable bonds is 8. The molecule has 1 aliphatic heterocycles. The van der Waals surface area contributed by atoms with Gasteiger partial charge in [-0.15, -0.1) is 11.3 Å². The van der Waals surface area contributed by atoms with Crippen molar-refractivity contribution >= 4 is 23.2 Å². The molecule has 0 bridgehead atoms. The molecule has 1 aromatic heterocycles. The fourth-order valence-electron chi connectivity index (χ4n) is 5.43. The number of carbonyl (C=O) groups is 2. The van der Waals surface area contributed by atoms with Crippen molar-refractivity contribution in [3.8, 4) is 5.75 Å². The first-order valence-corrected chi connectivity index (χ1v) is 14.7. The van der Waals surface area contributed by atoms with E-state index in [-0.39, 0.29) is 30.4 Å². The number of fused-ring (bicyclic) bond motifs is 1. The lowest BCUT2D eigenvalue weighted by Crippen LogP contribution is -2.41. The third-order valence-electron chi connectivity index (χ3n) is 7.66. The third-order valence-corrected chi connectivity index (χ3v) is 8.48. The molecule has 6 rings (SSSR count). The minimum Gasteiger partial charge on any atom is -0.486 e. The second kappa shape index (κ2) is 11.3. The van der Waals surface area contributed by atoms with E-state index in [2.05, 4.69) is 53.2 Å². The Balaban J connectivity index is 1.18. The van der Waals surface area contributed by atoms with Gasteiger partial charge >= 0.3 is 0 Å². The molecule has 0 saturated heterocycles. The minimum absolute atomic E-state index is 0.110. The van der Waals surface area contributed by atoms with Crippen LogP contribution in [0.4, 0.5) is 0 Å². The Hall–Kier alpha value is -3.97. The maximum absolute atomic E-state index is 13.3. The molecule has 1 aliphatic carbocycles. The highest BCUT2D eigenvalue weighted by atomic mass is 32.1. The summed E-state index contributed by atoms with van der Waals surface area (Å²) < 4.78 is 6.19. The zero-order chi connectivity index (χ0) is 27.6. The Morgan fingerprint density at radius 2 is 1.88 bits per heavy atom. The van der Waals surface area contributed by atoms with Crippen molar-refractivity contribution in [2.24, 2.45) is 5.92 Å². The number of nitrogens with zero attached hydrogens (tertiary/aromatic N) is 3. The molecule has 1 unspecified atom stereocenters. The highest BCUT2D eigenvalue weighted by Gasteiger charge is 2.39. The molecule has 1 atom stereocenters. The zero-order valence-electron chi connectivity index (χ0n) is 22.9. The molecule has 4 aromatic rings. The van der Waals surface area contributed by atoms with Gasteiger partial charge in [-0.3, -0.25) is 9.59 Å². The monoisotopic (exact) mass is 551 g/mol. The van der Waals surface area contributed by atoms with Crippen LogP contribution in [0.3, 0.4) is 0 Å². The maximum atomic E-state index is 13.3. The first kappa shape index (κ1) is 26.3. The first-order valence-electron chi connectivity index (χ1n) is 13.8. The number of benzene rings is 3. The zero-order valence-corrected chi connectivity index (χ0v) is 23.7. The maximum Gasteiger partial charge on any atom is 0.273 e. The van der Waals surface area contributed by atoms with Gasteiger partial charge in [-0.1, -0.05) is 66.2 Å². The van der Waals surface area contributed by atoms with Gasteiger partial charge in [0.1, 0.15) is 23.1 Å². The molecule has 1 fully saturated rings. The summed E-state index contributed by atoms with van der Waals surface area (Å²) in [6, 6.07) is 24.5. The standard InChI is InChI=1S/C33H33N3O3S/c1-22-7-6-10-26(17-22)31-28-18-27(14-13-24(28)15-16-36(31)32(37)25-11-12-25)39-20-30-34-29(21-40-30)33(38)35(2)19-23-8-4-3-5-9-23/h3-10,13-14,17-18,21,25,31H,11-12,15-16,19-20H2,1-2H3. The number of hydrogen-bond acceptors (Lipinski definition) is 5. The fraction of sp³-hybridized carbons (Fsp3) is 0.303. The van der Waals surface area contributed by atoms with Crippen molar-refractivity contribution < 1.29 is 14.3 Å². The molecule has 40 heavy (non-hydrogen) atoms. The summed E-state index contributed by atoms with van der Waals surface area (Å²) in [7, 11) is 1.79. The molecule has 6 nitrogen and oxygen atoms in total. The van der Waals surface area contributed by atoms with E-state index in [1.165, 1.54) is 22.5 Å². The van der Waals surface area contributed by atoms with E-state index in [0.717, 1.165) is 53.3 Å². The summed E-state index contributed by atoms with van der Waals surface area (Å²) in [5.74, 6) is 1.06. The van der Waals surface area contributed by atoms with E-state index in [1.807, 2.05) is 36.4 Å². The largest absolute Gasteiger partial charge is 0.486 e. The van der Waals surface area contributed by atoms with Crippen LogP contribution in [-0.2, 0) is 24.4 Å². The topological polar surface area (TPSA) is 62.7 Å². The Morgan fingerprint density at radius 3 is 2.65 bits per heavy atom. The molecule has 7 heteroatoms. The molecule has 0 N–H and O–H groups in total. The normalized spacial score (nSPS) is 16.4. The molecule has 204 valence electrons. The van der Waals surface area contributed by atoms with Gasteiger partial charge in [-0.2, -0.15) is 0 Å². The molecule has 2 amide bonds. The van der Waals surface area contributed by atoms with Crippen LogP contribution in [0, 0.1) is 12.8 Å². The average molecular weight is 552 g/mol. The molecular formula is C33H33N3O3S. The smallest absolute Gasteiger partial charge is 0.273 e. The fourth-order valence-corrected chi connectivity index (χ4v) is 6.11. The second-order valence-corrected chi connectivity index (χ2v) is 11.7. The van der Waals surface area contributed by atoms with E-state index in [0.29, 0.717) is 12.2 Å². The Kier molecular flexibility index (Phi) is 7.39. The number of carbonyl (C=O) groups excluding carboxylic acids is 2. The molecule has 0 radical (unpaired) electrons. The lowest BCUT2D eigenvalue weighted by molar-refractivity contribution is -0.134. The van der Waals surface area contributed by atoms with Crippen molar-refractivity contribution in [2.45, 2.75) is 45.4 Å². The highest BCUT2D eigenvalue weighted by Crippen LogP contribution is 2.41. The molecule has 2 aliphatic rings. The number of amides is 2. The second-order valence-electron chi connectivity index (χ2n) is 10.8. The van der Waals surface area contributed by atoms with E-state index >= 15 is 0 Å². The average Bonchev–Trinajstić information content (AvgIpc) is 3.72. The quantitative estimate of drug-likeness (QED) is 0.262. The molecule has 0 spiro atoms. The number of aryl methyl sites for hydroxylation is 1. The number of ether oxygens (including phenoxy) is 1. The number of hydrogen-bond donors (Lipinski definition) is 0. The molecule has 1 saturated carbocycles. The van der Waals surface area contributed by atoms with Crippen LogP contribution < -0.4 is 4.74 Å². The van der Waals surface area contributed by atoms with Crippen molar-refractivity contribution in [3.05, 3.63) is 117 Å². The Morgan fingerprint density at radius 1 is 1.05 bits per heavy atom. The molecular weight excluding hydrogens is 518 g/mol. The van der Waals surface area contributed by atoms with Gasteiger partial charge in [0, 0.05) is 31.4 Å². The van der Waals surface area contributed by atoms with Crippen molar-refractivity contribution in [1.29, 1.82) is 0 Å². The van der Waals surface area contributed by atoms with Crippen LogP contribution in [-0.4, -0.2) is 40.2 Å². The van der Waals surface area contributed by atoms with Crippen LogP contribution >= 0.6 is 11.3 Å². The summed E-state index contributed by atoms with van der Waals surface area (Å²) in [5, 5.41) is 2.54. The SMILES string of the molecule is Cc1cccc(C2c3cc(OCc4nc(C(=O)N(C)Cc5ccccc5)cs4)ccc3CCN2C(=O)C2CC2)c1. The van der Waals surface area contributed by atoms with Gasteiger partial charge in [0.15, 0.2) is 0 Å².